The van der Waals surface area contributed by atoms with Crippen LogP contribution in [0.15, 0.2) is 70.9 Å². The van der Waals surface area contributed by atoms with Crippen LogP contribution in [0, 0.1) is 5.92 Å². The van der Waals surface area contributed by atoms with Crippen LogP contribution in [0.25, 0.3) is 0 Å². The topological polar surface area (TPSA) is 65.0 Å². The maximum atomic E-state index is 13.2. The molecule has 1 aliphatic rings. The highest BCUT2D eigenvalue weighted by molar-refractivity contribution is 9.09. The Kier molecular flexibility index (Phi) is 8.87. The van der Waals surface area contributed by atoms with E-state index in [1.807, 2.05) is 24.3 Å². The molecular weight excluding hydrogens is 506 g/mol. The van der Waals surface area contributed by atoms with E-state index in [4.69, 9.17) is 26.1 Å². The number of carbonyl (C=O) groups is 2. The van der Waals surface area contributed by atoms with Crippen molar-refractivity contribution >= 4 is 45.2 Å². The van der Waals surface area contributed by atoms with E-state index in [9.17, 15) is 9.59 Å². The van der Waals surface area contributed by atoms with E-state index >= 15 is 0 Å². The second-order valence-electron chi connectivity index (χ2n) is 7.78. The number of aliphatic imine (C=N–C) groups is 1. The second-order valence-corrected chi connectivity index (χ2v) is 9.33. The molecule has 1 aliphatic heterocycles. The van der Waals surface area contributed by atoms with Gasteiger partial charge in [0.15, 0.2) is 0 Å². The molecule has 5 nitrogen and oxygen atoms in total. The first-order chi connectivity index (χ1) is 15.9. The third kappa shape index (κ3) is 5.92. The van der Waals surface area contributed by atoms with Crippen molar-refractivity contribution in [3.63, 3.8) is 0 Å². The Balaban J connectivity index is 2.08. The molecule has 3 rings (SSSR count). The highest BCUT2D eigenvalue weighted by Crippen LogP contribution is 2.42. The first-order valence-corrected chi connectivity index (χ1v) is 12.1. The summed E-state index contributed by atoms with van der Waals surface area (Å²) in [6, 6.07) is 17.3. The van der Waals surface area contributed by atoms with Gasteiger partial charge in [0.05, 0.1) is 25.0 Å². The standard InChI is InChI=1S/C26H27BrClNO4/c1-4-33-26(31)24-21(14-13-20(27)17-9-6-5-7-10-17)29-16(2)22(25(30)32-3)23(24)18-11-8-12-19(28)15-18/h5-12,15,20,22-23H,4,13-14H2,1-3H3. The zero-order chi connectivity index (χ0) is 24.0. The molecule has 3 atom stereocenters. The van der Waals surface area contributed by atoms with Gasteiger partial charge in [-0.05, 0) is 49.9 Å². The van der Waals surface area contributed by atoms with Crippen LogP contribution in [0.5, 0.6) is 0 Å². The molecule has 2 aromatic carbocycles. The Bertz CT molecular complexity index is 1070. The summed E-state index contributed by atoms with van der Waals surface area (Å²) in [6.07, 6.45) is 1.24. The maximum absolute atomic E-state index is 13.2. The Morgan fingerprint density at radius 2 is 1.88 bits per heavy atom. The number of methoxy groups -OCH3 is 1. The predicted octanol–water partition coefficient (Wildman–Crippen LogP) is 6.42. The first kappa shape index (κ1) is 25.2. The lowest BCUT2D eigenvalue weighted by atomic mass is 9.75. The summed E-state index contributed by atoms with van der Waals surface area (Å²) in [5.41, 5.74) is 3.49. The lowest BCUT2D eigenvalue weighted by Gasteiger charge is -2.32. The quantitative estimate of drug-likeness (QED) is 0.291. The van der Waals surface area contributed by atoms with Gasteiger partial charge < -0.3 is 9.47 Å². The molecule has 2 aromatic rings. The molecule has 0 N–H and O–H groups in total. The number of hydrogen-bond donors (Lipinski definition) is 0. The van der Waals surface area contributed by atoms with Crippen molar-refractivity contribution in [2.75, 3.05) is 13.7 Å². The fourth-order valence-corrected chi connectivity index (χ4v) is 4.89. The Morgan fingerprint density at radius 3 is 2.52 bits per heavy atom. The van der Waals surface area contributed by atoms with Gasteiger partial charge in [0, 0.05) is 21.5 Å². The smallest absolute Gasteiger partial charge is 0.336 e. The summed E-state index contributed by atoms with van der Waals surface area (Å²) in [5, 5.41) is 0.519. The number of halogens is 2. The molecule has 0 aromatic heterocycles. The third-order valence-corrected chi connectivity index (χ3v) is 6.89. The van der Waals surface area contributed by atoms with Crippen LogP contribution in [-0.2, 0) is 19.1 Å². The van der Waals surface area contributed by atoms with Crippen molar-refractivity contribution in [1.82, 2.24) is 0 Å². The summed E-state index contributed by atoms with van der Waals surface area (Å²) >= 11 is 10.0. The molecule has 1 heterocycles. The minimum Gasteiger partial charge on any atom is -0.468 e. The van der Waals surface area contributed by atoms with E-state index < -0.39 is 23.8 Å². The molecule has 0 saturated carbocycles. The lowest BCUT2D eigenvalue weighted by Crippen LogP contribution is -2.36. The van der Waals surface area contributed by atoms with Gasteiger partial charge in [-0.15, -0.1) is 0 Å². The number of allylic oxidation sites excluding steroid dienone is 1. The SMILES string of the molecule is CCOC(=O)C1=C(CCC(Br)c2ccccc2)N=C(C)C(C(=O)OC)C1c1cccc(Cl)c1. The van der Waals surface area contributed by atoms with E-state index in [1.165, 1.54) is 7.11 Å². The number of carbonyl (C=O) groups excluding carboxylic acids is 2. The largest absolute Gasteiger partial charge is 0.468 e. The average molecular weight is 533 g/mol. The van der Waals surface area contributed by atoms with Crippen molar-refractivity contribution in [3.05, 3.63) is 82.0 Å². The van der Waals surface area contributed by atoms with Crippen molar-refractivity contribution in [2.24, 2.45) is 10.9 Å². The van der Waals surface area contributed by atoms with Crippen LogP contribution in [0.4, 0.5) is 0 Å². The molecule has 0 aliphatic carbocycles. The molecule has 0 amide bonds. The minimum atomic E-state index is -0.745. The van der Waals surface area contributed by atoms with E-state index in [-0.39, 0.29) is 11.4 Å². The molecule has 0 spiro atoms. The Morgan fingerprint density at radius 1 is 1.15 bits per heavy atom. The minimum absolute atomic E-state index is 0.0908. The Labute approximate surface area is 208 Å². The summed E-state index contributed by atoms with van der Waals surface area (Å²) in [6.45, 7) is 3.77. The van der Waals surface area contributed by atoms with Gasteiger partial charge in [-0.25, -0.2) is 4.79 Å². The summed E-state index contributed by atoms with van der Waals surface area (Å²) in [7, 11) is 1.34. The van der Waals surface area contributed by atoms with Crippen molar-refractivity contribution in [3.8, 4) is 0 Å². The monoisotopic (exact) mass is 531 g/mol. The number of ether oxygens (including phenoxy) is 2. The number of hydrogen-bond acceptors (Lipinski definition) is 5. The zero-order valence-electron chi connectivity index (χ0n) is 18.9. The number of alkyl halides is 1. The number of benzene rings is 2. The van der Waals surface area contributed by atoms with Crippen LogP contribution < -0.4 is 0 Å². The maximum Gasteiger partial charge on any atom is 0.336 e. The molecule has 3 unspecified atom stereocenters. The number of rotatable bonds is 8. The fraction of sp³-hybridized carbons (Fsp3) is 0.346. The van der Waals surface area contributed by atoms with Crippen molar-refractivity contribution < 1.29 is 19.1 Å². The van der Waals surface area contributed by atoms with Gasteiger partial charge in [0.1, 0.15) is 5.92 Å². The molecule has 7 heteroatoms. The van der Waals surface area contributed by atoms with E-state index in [0.29, 0.717) is 34.8 Å². The number of nitrogens with zero attached hydrogens (tertiary/aromatic N) is 1. The number of esters is 2. The van der Waals surface area contributed by atoms with Gasteiger partial charge in [0.2, 0.25) is 0 Å². The van der Waals surface area contributed by atoms with Crippen LogP contribution >= 0.6 is 27.5 Å². The van der Waals surface area contributed by atoms with Gasteiger partial charge in [-0.2, -0.15) is 0 Å². The van der Waals surface area contributed by atoms with Gasteiger partial charge >= 0.3 is 11.9 Å². The molecule has 33 heavy (non-hydrogen) atoms. The van der Waals surface area contributed by atoms with Crippen LogP contribution in [-0.4, -0.2) is 31.4 Å². The lowest BCUT2D eigenvalue weighted by molar-refractivity contribution is -0.144. The van der Waals surface area contributed by atoms with Crippen LogP contribution in [0.2, 0.25) is 5.02 Å². The first-order valence-electron chi connectivity index (χ1n) is 10.8. The van der Waals surface area contributed by atoms with Gasteiger partial charge in [-0.3, -0.25) is 9.79 Å². The van der Waals surface area contributed by atoms with E-state index in [0.717, 1.165) is 11.1 Å². The third-order valence-electron chi connectivity index (χ3n) is 5.67. The predicted molar refractivity (Wildman–Crippen MR) is 134 cm³/mol. The normalized spacial score (nSPS) is 19.0. The summed E-state index contributed by atoms with van der Waals surface area (Å²) < 4.78 is 10.5. The molecule has 0 saturated heterocycles. The Hall–Kier alpha value is -2.44. The molecule has 174 valence electrons. The molecular formula is C26H27BrClNO4. The molecule has 0 fully saturated rings. The van der Waals surface area contributed by atoms with Crippen molar-refractivity contribution in [2.45, 2.75) is 37.4 Å². The summed E-state index contributed by atoms with van der Waals surface area (Å²) in [4.78, 5) is 30.8. The zero-order valence-corrected chi connectivity index (χ0v) is 21.2. The van der Waals surface area contributed by atoms with Gasteiger partial charge in [-0.1, -0.05) is 70.0 Å². The molecule has 0 bridgehead atoms. The molecule has 0 radical (unpaired) electrons. The van der Waals surface area contributed by atoms with Crippen LogP contribution in [0.1, 0.15) is 48.6 Å². The highest BCUT2D eigenvalue weighted by Gasteiger charge is 2.43. The average Bonchev–Trinajstić information content (AvgIpc) is 2.82. The summed E-state index contributed by atoms with van der Waals surface area (Å²) in [5.74, 6) is -2.28. The van der Waals surface area contributed by atoms with E-state index in [1.54, 1.807) is 32.0 Å². The van der Waals surface area contributed by atoms with Crippen molar-refractivity contribution in [1.29, 1.82) is 0 Å². The second kappa shape index (κ2) is 11.6. The van der Waals surface area contributed by atoms with E-state index in [2.05, 4.69) is 28.1 Å². The van der Waals surface area contributed by atoms with Gasteiger partial charge in [0.25, 0.3) is 0 Å². The van der Waals surface area contributed by atoms with Crippen LogP contribution in [0.3, 0.4) is 0 Å². The fourth-order valence-electron chi connectivity index (χ4n) is 4.16. The highest BCUT2D eigenvalue weighted by atomic mass is 79.9.